The predicted octanol–water partition coefficient (Wildman–Crippen LogP) is 3.44. The van der Waals surface area contributed by atoms with Crippen molar-refractivity contribution in [1.82, 2.24) is 10.2 Å². The number of benzene rings is 1. The summed E-state index contributed by atoms with van der Waals surface area (Å²) >= 11 is 3.60. The molecule has 2 unspecified atom stereocenters. The summed E-state index contributed by atoms with van der Waals surface area (Å²) < 4.78 is 1.19. The van der Waals surface area contributed by atoms with Gasteiger partial charge in [0, 0.05) is 10.5 Å². The van der Waals surface area contributed by atoms with Crippen molar-refractivity contribution in [2.45, 2.75) is 25.8 Å². The number of nitrogens with zero attached hydrogens (tertiary/aromatic N) is 1. The summed E-state index contributed by atoms with van der Waals surface area (Å²) in [6.45, 7) is 5.74. The van der Waals surface area contributed by atoms with Crippen LogP contribution in [0, 0.1) is 5.92 Å². The van der Waals surface area contributed by atoms with Crippen molar-refractivity contribution in [2.24, 2.45) is 5.92 Å². The van der Waals surface area contributed by atoms with Crippen molar-refractivity contribution in [3.05, 3.63) is 34.3 Å². The summed E-state index contributed by atoms with van der Waals surface area (Å²) in [6.07, 6.45) is 2.65. The summed E-state index contributed by atoms with van der Waals surface area (Å²) in [6, 6.07) is 9.37. The molecule has 0 saturated carbocycles. The molecule has 18 heavy (non-hydrogen) atoms. The third-order valence-corrected chi connectivity index (χ3v) is 4.42. The fourth-order valence-electron chi connectivity index (χ4n) is 3.16. The third-order valence-electron chi connectivity index (χ3n) is 3.92. The number of rotatable bonds is 4. The highest BCUT2D eigenvalue weighted by atomic mass is 79.9. The summed E-state index contributed by atoms with van der Waals surface area (Å²) in [7, 11) is 2.06. The van der Waals surface area contributed by atoms with Crippen molar-refractivity contribution < 1.29 is 0 Å². The Labute approximate surface area is 119 Å². The quantitative estimate of drug-likeness (QED) is 0.916. The zero-order valence-electron chi connectivity index (χ0n) is 11.3. The van der Waals surface area contributed by atoms with Crippen LogP contribution in [0.25, 0.3) is 0 Å². The molecular formula is C15H23BrN2. The van der Waals surface area contributed by atoms with Gasteiger partial charge in [-0.2, -0.15) is 0 Å². The van der Waals surface area contributed by atoms with Gasteiger partial charge in [-0.3, -0.25) is 4.90 Å². The zero-order chi connectivity index (χ0) is 13.0. The number of halogens is 1. The highest BCUT2D eigenvalue weighted by Crippen LogP contribution is 2.36. The molecule has 0 spiro atoms. The third kappa shape index (κ3) is 3.14. The number of hydrogen-bond donors (Lipinski definition) is 1. The van der Waals surface area contributed by atoms with Crippen LogP contribution in [0.15, 0.2) is 28.7 Å². The molecule has 1 aliphatic heterocycles. The van der Waals surface area contributed by atoms with Crippen molar-refractivity contribution >= 4 is 15.9 Å². The summed E-state index contributed by atoms with van der Waals surface area (Å²) in [5, 5.41) is 3.36. The molecule has 0 aromatic heterocycles. The van der Waals surface area contributed by atoms with Crippen LogP contribution in [0.4, 0.5) is 0 Å². The maximum absolute atomic E-state index is 3.60. The maximum Gasteiger partial charge on any atom is 0.0388 e. The van der Waals surface area contributed by atoms with E-state index in [2.05, 4.69) is 64.4 Å². The molecule has 0 aliphatic carbocycles. The van der Waals surface area contributed by atoms with Gasteiger partial charge in [-0.05, 0) is 63.1 Å². The fourth-order valence-corrected chi connectivity index (χ4v) is 3.57. The topological polar surface area (TPSA) is 15.3 Å². The Morgan fingerprint density at radius 3 is 2.94 bits per heavy atom. The smallest absolute Gasteiger partial charge is 0.0388 e. The number of hydrogen-bond acceptors (Lipinski definition) is 2. The van der Waals surface area contributed by atoms with E-state index < -0.39 is 0 Å². The van der Waals surface area contributed by atoms with Gasteiger partial charge in [-0.1, -0.05) is 35.0 Å². The van der Waals surface area contributed by atoms with Crippen molar-refractivity contribution in [3.63, 3.8) is 0 Å². The Bertz CT molecular complexity index is 379. The van der Waals surface area contributed by atoms with Crippen LogP contribution in [-0.4, -0.2) is 31.6 Å². The van der Waals surface area contributed by atoms with Crippen molar-refractivity contribution in [3.8, 4) is 0 Å². The molecule has 2 rings (SSSR count). The molecule has 3 heteroatoms. The van der Waals surface area contributed by atoms with E-state index in [1.54, 1.807) is 0 Å². The predicted molar refractivity (Wildman–Crippen MR) is 80.8 cm³/mol. The number of nitrogens with one attached hydrogen (secondary N) is 1. The Balaban J connectivity index is 2.27. The van der Waals surface area contributed by atoms with Crippen molar-refractivity contribution in [1.29, 1.82) is 0 Å². The monoisotopic (exact) mass is 310 g/mol. The van der Waals surface area contributed by atoms with Gasteiger partial charge in [-0.15, -0.1) is 0 Å². The molecule has 1 aromatic rings. The second-order valence-corrected chi connectivity index (χ2v) is 6.00. The van der Waals surface area contributed by atoms with Crippen LogP contribution in [0.3, 0.4) is 0 Å². The SMILES string of the molecule is CCN1CCCC(CNC)C1c1cccc(Br)c1. The molecule has 2 nitrogen and oxygen atoms in total. The van der Waals surface area contributed by atoms with E-state index in [1.165, 1.54) is 29.4 Å². The van der Waals surface area contributed by atoms with Crippen LogP contribution >= 0.6 is 15.9 Å². The van der Waals surface area contributed by atoms with Gasteiger partial charge in [0.1, 0.15) is 0 Å². The molecule has 100 valence electrons. The summed E-state index contributed by atoms with van der Waals surface area (Å²) in [5.41, 5.74) is 1.45. The van der Waals surface area contributed by atoms with E-state index in [0.29, 0.717) is 6.04 Å². The van der Waals surface area contributed by atoms with Crippen LogP contribution < -0.4 is 5.32 Å². The summed E-state index contributed by atoms with van der Waals surface area (Å²) in [5.74, 6) is 0.720. The molecule has 0 amide bonds. The second kappa shape index (κ2) is 6.69. The fraction of sp³-hybridized carbons (Fsp3) is 0.600. The Hall–Kier alpha value is -0.380. The van der Waals surface area contributed by atoms with Crippen LogP contribution in [-0.2, 0) is 0 Å². The minimum absolute atomic E-state index is 0.564. The normalized spacial score (nSPS) is 25.3. The summed E-state index contributed by atoms with van der Waals surface area (Å²) in [4.78, 5) is 2.62. The van der Waals surface area contributed by atoms with Crippen LogP contribution in [0.1, 0.15) is 31.4 Å². The first-order chi connectivity index (χ1) is 8.76. The maximum atomic E-state index is 3.60. The molecule has 0 bridgehead atoms. The Morgan fingerprint density at radius 2 is 2.28 bits per heavy atom. The van der Waals surface area contributed by atoms with Gasteiger partial charge in [0.25, 0.3) is 0 Å². The van der Waals surface area contributed by atoms with Gasteiger partial charge >= 0.3 is 0 Å². The average Bonchev–Trinajstić information content (AvgIpc) is 2.38. The molecule has 1 saturated heterocycles. The first kappa shape index (κ1) is 14.0. The van der Waals surface area contributed by atoms with Gasteiger partial charge in [-0.25, -0.2) is 0 Å². The molecule has 2 atom stereocenters. The Morgan fingerprint density at radius 1 is 1.44 bits per heavy atom. The minimum atomic E-state index is 0.564. The molecule has 1 heterocycles. The first-order valence-electron chi connectivity index (χ1n) is 6.90. The minimum Gasteiger partial charge on any atom is -0.319 e. The average molecular weight is 311 g/mol. The molecular weight excluding hydrogens is 288 g/mol. The molecule has 1 N–H and O–H groups in total. The second-order valence-electron chi connectivity index (χ2n) is 5.09. The number of likely N-dealkylation sites (tertiary alicyclic amines) is 1. The van der Waals surface area contributed by atoms with Crippen LogP contribution in [0.2, 0.25) is 0 Å². The molecule has 0 radical (unpaired) electrons. The zero-order valence-corrected chi connectivity index (χ0v) is 12.9. The van der Waals surface area contributed by atoms with Gasteiger partial charge in [0.05, 0.1) is 0 Å². The molecule has 1 aromatic carbocycles. The Kier molecular flexibility index (Phi) is 5.22. The van der Waals surface area contributed by atoms with Gasteiger partial charge in [0.2, 0.25) is 0 Å². The lowest BCUT2D eigenvalue weighted by Gasteiger charge is -2.41. The van der Waals surface area contributed by atoms with Gasteiger partial charge in [0.15, 0.2) is 0 Å². The molecule has 1 aliphatic rings. The lowest BCUT2D eigenvalue weighted by Crippen LogP contribution is -2.41. The van der Waals surface area contributed by atoms with E-state index >= 15 is 0 Å². The van der Waals surface area contributed by atoms with E-state index in [4.69, 9.17) is 0 Å². The van der Waals surface area contributed by atoms with E-state index in [-0.39, 0.29) is 0 Å². The van der Waals surface area contributed by atoms with Crippen molar-refractivity contribution in [2.75, 3.05) is 26.7 Å². The van der Waals surface area contributed by atoms with E-state index in [1.807, 2.05) is 0 Å². The lowest BCUT2D eigenvalue weighted by molar-refractivity contribution is 0.0982. The van der Waals surface area contributed by atoms with Gasteiger partial charge < -0.3 is 5.32 Å². The number of piperidine rings is 1. The molecule has 1 fully saturated rings. The highest BCUT2D eigenvalue weighted by Gasteiger charge is 2.31. The van der Waals surface area contributed by atoms with E-state index in [0.717, 1.165) is 19.0 Å². The van der Waals surface area contributed by atoms with Crippen LogP contribution in [0.5, 0.6) is 0 Å². The van der Waals surface area contributed by atoms with E-state index in [9.17, 15) is 0 Å². The standard InChI is InChI=1S/C15H23BrN2/c1-3-18-9-5-7-13(11-17-2)15(18)12-6-4-8-14(16)10-12/h4,6,8,10,13,15,17H,3,5,7,9,11H2,1-2H3. The lowest BCUT2D eigenvalue weighted by atomic mass is 9.84. The first-order valence-corrected chi connectivity index (χ1v) is 7.69. The highest BCUT2D eigenvalue weighted by molar-refractivity contribution is 9.10. The largest absolute Gasteiger partial charge is 0.319 e.